The lowest BCUT2D eigenvalue weighted by Gasteiger charge is -2.10. The molecule has 0 fully saturated rings. The van der Waals surface area contributed by atoms with Gasteiger partial charge in [0.2, 0.25) is 0 Å². The second-order valence-electron chi connectivity index (χ2n) is 6.30. The SMILES string of the molecule is C=C/C=C(\C=C)c1ccc2ccc3ccc(C4=CCCC=C4)nc3c2n1. The fraction of sp³-hybridized carbons (Fsp3) is 0.0833. The van der Waals surface area contributed by atoms with Crippen LogP contribution in [0.2, 0.25) is 0 Å². The van der Waals surface area contributed by atoms with Crippen molar-refractivity contribution in [3.8, 4) is 0 Å². The van der Waals surface area contributed by atoms with Crippen LogP contribution >= 0.6 is 0 Å². The Hall–Kier alpha value is -3.26. The molecule has 0 aliphatic heterocycles. The lowest BCUT2D eigenvalue weighted by atomic mass is 10.0. The molecule has 2 aromatic heterocycles. The van der Waals surface area contributed by atoms with Gasteiger partial charge in [-0.3, -0.25) is 0 Å². The van der Waals surface area contributed by atoms with E-state index in [2.05, 4.69) is 61.7 Å². The van der Waals surface area contributed by atoms with Crippen molar-refractivity contribution in [3.63, 3.8) is 0 Å². The molecule has 26 heavy (non-hydrogen) atoms. The minimum atomic E-state index is 0.879. The minimum absolute atomic E-state index is 0.879. The molecule has 1 aliphatic rings. The Morgan fingerprint density at radius 3 is 2.31 bits per heavy atom. The van der Waals surface area contributed by atoms with Gasteiger partial charge in [0.1, 0.15) is 0 Å². The molecule has 0 bridgehead atoms. The van der Waals surface area contributed by atoms with Gasteiger partial charge in [0.05, 0.1) is 22.4 Å². The molecule has 2 heteroatoms. The number of hydrogen-bond donors (Lipinski definition) is 0. The van der Waals surface area contributed by atoms with Gasteiger partial charge in [-0.2, -0.15) is 0 Å². The summed E-state index contributed by atoms with van der Waals surface area (Å²) in [6, 6.07) is 12.5. The summed E-state index contributed by atoms with van der Waals surface area (Å²) in [5.74, 6) is 0. The molecular weight excluding hydrogens is 316 g/mol. The Morgan fingerprint density at radius 2 is 1.62 bits per heavy atom. The maximum absolute atomic E-state index is 4.95. The first kappa shape index (κ1) is 16.2. The molecule has 0 unspecified atom stereocenters. The van der Waals surface area contributed by atoms with Crippen LogP contribution in [0.4, 0.5) is 0 Å². The molecule has 2 heterocycles. The van der Waals surface area contributed by atoms with Crippen LogP contribution in [0.3, 0.4) is 0 Å². The van der Waals surface area contributed by atoms with E-state index < -0.39 is 0 Å². The first-order valence-electron chi connectivity index (χ1n) is 8.83. The Kier molecular flexibility index (Phi) is 4.32. The molecule has 1 aliphatic carbocycles. The molecule has 1 aromatic carbocycles. The smallest absolute Gasteiger partial charge is 0.0972 e. The second-order valence-corrected chi connectivity index (χ2v) is 6.30. The van der Waals surface area contributed by atoms with Crippen molar-refractivity contribution in [1.82, 2.24) is 9.97 Å². The topological polar surface area (TPSA) is 25.8 Å². The highest BCUT2D eigenvalue weighted by Crippen LogP contribution is 2.28. The van der Waals surface area contributed by atoms with Crippen molar-refractivity contribution in [2.75, 3.05) is 0 Å². The highest BCUT2D eigenvalue weighted by atomic mass is 14.8. The van der Waals surface area contributed by atoms with Gasteiger partial charge in [0.15, 0.2) is 0 Å². The number of fused-ring (bicyclic) bond motifs is 3. The molecule has 0 saturated heterocycles. The van der Waals surface area contributed by atoms with Gasteiger partial charge in [-0.05, 0) is 36.1 Å². The van der Waals surface area contributed by atoms with E-state index in [1.165, 1.54) is 5.57 Å². The predicted molar refractivity (Wildman–Crippen MR) is 112 cm³/mol. The number of rotatable bonds is 4. The van der Waals surface area contributed by atoms with Crippen LogP contribution in [0.5, 0.6) is 0 Å². The zero-order chi connectivity index (χ0) is 17.9. The standard InChI is InChI=1S/C24H20N2/c1-3-8-17(4-2)21-15-13-19-11-12-20-14-16-22(18-9-6-5-7-10-18)26-24(20)23(19)25-21/h3-4,6,8-16H,1-2,5,7H2/b17-8+. The van der Waals surface area contributed by atoms with E-state index in [-0.39, 0.29) is 0 Å². The summed E-state index contributed by atoms with van der Waals surface area (Å²) in [7, 11) is 0. The van der Waals surface area contributed by atoms with Crippen molar-refractivity contribution in [1.29, 1.82) is 0 Å². The fourth-order valence-electron chi connectivity index (χ4n) is 3.28. The molecule has 0 atom stereocenters. The van der Waals surface area contributed by atoms with Crippen LogP contribution in [0.15, 0.2) is 86.0 Å². The summed E-state index contributed by atoms with van der Waals surface area (Å²) < 4.78 is 0. The minimum Gasteiger partial charge on any atom is -0.246 e. The van der Waals surface area contributed by atoms with Gasteiger partial charge >= 0.3 is 0 Å². The lowest BCUT2D eigenvalue weighted by Crippen LogP contribution is -1.94. The molecule has 0 spiro atoms. The Morgan fingerprint density at radius 1 is 0.885 bits per heavy atom. The Labute approximate surface area is 153 Å². The summed E-state index contributed by atoms with van der Waals surface area (Å²) in [6.07, 6.45) is 14.3. The molecule has 3 aromatic rings. The summed E-state index contributed by atoms with van der Waals surface area (Å²) >= 11 is 0. The zero-order valence-electron chi connectivity index (χ0n) is 14.7. The van der Waals surface area contributed by atoms with E-state index >= 15 is 0 Å². The molecule has 0 amide bonds. The molecule has 0 N–H and O–H groups in total. The number of allylic oxidation sites excluding steroid dienone is 8. The van der Waals surface area contributed by atoms with Crippen LogP contribution < -0.4 is 0 Å². The van der Waals surface area contributed by atoms with Gasteiger partial charge in [-0.25, -0.2) is 9.97 Å². The third-order valence-electron chi connectivity index (χ3n) is 4.62. The van der Waals surface area contributed by atoms with Crippen molar-refractivity contribution in [3.05, 3.63) is 97.4 Å². The van der Waals surface area contributed by atoms with E-state index in [0.717, 1.165) is 51.6 Å². The number of nitrogens with zero attached hydrogens (tertiary/aromatic N) is 2. The van der Waals surface area contributed by atoms with Gasteiger partial charge in [0.25, 0.3) is 0 Å². The normalized spacial score (nSPS) is 14.5. The van der Waals surface area contributed by atoms with Crippen molar-refractivity contribution in [2.45, 2.75) is 12.8 Å². The van der Waals surface area contributed by atoms with E-state index in [1.807, 2.05) is 12.1 Å². The number of hydrogen-bond acceptors (Lipinski definition) is 2. The molecule has 2 nitrogen and oxygen atoms in total. The van der Waals surface area contributed by atoms with Gasteiger partial charge in [0, 0.05) is 10.8 Å². The first-order chi connectivity index (χ1) is 12.8. The molecule has 4 rings (SSSR count). The fourth-order valence-corrected chi connectivity index (χ4v) is 3.28. The Balaban J connectivity index is 1.95. The van der Waals surface area contributed by atoms with E-state index in [0.29, 0.717) is 0 Å². The van der Waals surface area contributed by atoms with Crippen LogP contribution in [0.1, 0.15) is 24.2 Å². The third-order valence-corrected chi connectivity index (χ3v) is 4.62. The average molecular weight is 336 g/mol. The number of aromatic nitrogens is 2. The lowest BCUT2D eigenvalue weighted by molar-refractivity contribution is 1.04. The van der Waals surface area contributed by atoms with Crippen LogP contribution in [-0.2, 0) is 0 Å². The Bertz CT molecular complexity index is 1110. The zero-order valence-corrected chi connectivity index (χ0v) is 14.7. The van der Waals surface area contributed by atoms with Crippen molar-refractivity contribution >= 4 is 33.0 Å². The molecule has 126 valence electrons. The monoisotopic (exact) mass is 336 g/mol. The summed E-state index contributed by atoms with van der Waals surface area (Å²) in [6.45, 7) is 7.66. The summed E-state index contributed by atoms with van der Waals surface area (Å²) in [4.78, 5) is 9.84. The van der Waals surface area contributed by atoms with Crippen LogP contribution in [-0.4, -0.2) is 9.97 Å². The predicted octanol–water partition coefficient (Wildman–Crippen LogP) is 6.27. The first-order valence-corrected chi connectivity index (χ1v) is 8.83. The van der Waals surface area contributed by atoms with E-state index in [9.17, 15) is 0 Å². The largest absolute Gasteiger partial charge is 0.246 e. The van der Waals surface area contributed by atoms with Gasteiger partial charge in [-0.1, -0.05) is 73.9 Å². The van der Waals surface area contributed by atoms with E-state index in [1.54, 1.807) is 12.2 Å². The summed E-state index contributed by atoms with van der Waals surface area (Å²) in [5, 5.41) is 2.18. The number of pyridine rings is 2. The number of benzene rings is 1. The van der Waals surface area contributed by atoms with Crippen molar-refractivity contribution in [2.24, 2.45) is 0 Å². The van der Waals surface area contributed by atoms with Crippen molar-refractivity contribution < 1.29 is 0 Å². The maximum atomic E-state index is 4.95. The third kappa shape index (κ3) is 2.91. The molecular formula is C24H20N2. The second kappa shape index (κ2) is 6.93. The molecule has 0 radical (unpaired) electrons. The van der Waals surface area contributed by atoms with Gasteiger partial charge < -0.3 is 0 Å². The van der Waals surface area contributed by atoms with Crippen LogP contribution in [0, 0.1) is 0 Å². The summed E-state index contributed by atoms with van der Waals surface area (Å²) in [5.41, 5.74) is 5.86. The maximum Gasteiger partial charge on any atom is 0.0972 e. The van der Waals surface area contributed by atoms with Crippen LogP contribution in [0.25, 0.3) is 33.0 Å². The van der Waals surface area contributed by atoms with E-state index in [4.69, 9.17) is 9.97 Å². The highest BCUT2D eigenvalue weighted by Gasteiger charge is 2.09. The molecule has 0 saturated carbocycles. The average Bonchev–Trinajstić information content (AvgIpc) is 2.72. The van der Waals surface area contributed by atoms with Gasteiger partial charge in [-0.15, -0.1) is 0 Å². The quantitative estimate of drug-likeness (QED) is 0.414. The highest BCUT2D eigenvalue weighted by molar-refractivity contribution is 6.03.